The quantitative estimate of drug-likeness (QED) is 0.899. The molecule has 18 heavy (non-hydrogen) atoms. The van der Waals surface area contributed by atoms with E-state index >= 15 is 0 Å². The van der Waals surface area contributed by atoms with Crippen LogP contribution >= 0.6 is 0 Å². The summed E-state index contributed by atoms with van der Waals surface area (Å²) in [5.74, 6) is 0. The van der Waals surface area contributed by atoms with E-state index in [9.17, 15) is 8.42 Å². The molecule has 1 aromatic heterocycles. The molecular weight excluding hydrogens is 250 g/mol. The van der Waals surface area contributed by atoms with Crippen molar-refractivity contribution in [2.24, 2.45) is 0 Å². The molecule has 0 saturated carbocycles. The highest BCUT2D eigenvalue weighted by Gasteiger charge is 2.03. The Balaban J connectivity index is 2.22. The Bertz CT molecular complexity index is 610. The highest BCUT2D eigenvalue weighted by Crippen LogP contribution is 2.27. The first-order chi connectivity index (χ1) is 8.62. The summed E-state index contributed by atoms with van der Waals surface area (Å²) < 4.78 is 27.6. The van der Waals surface area contributed by atoms with Crippen LogP contribution in [0.3, 0.4) is 0 Å². The van der Waals surface area contributed by atoms with Crippen molar-refractivity contribution in [2.75, 3.05) is 0 Å². The largest absolute Gasteiger partial charge is 0.573 e. The average molecular weight is 263 g/mol. The molecule has 0 bridgehead atoms. The molecule has 0 aliphatic carbocycles. The fourth-order valence-electron chi connectivity index (χ4n) is 1.41. The van der Waals surface area contributed by atoms with Crippen LogP contribution in [0.15, 0.2) is 53.7 Å². The minimum Gasteiger partial charge on any atom is -0.573 e. The Labute approximate surface area is 106 Å². The third-order valence-corrected chi connectivity index (χ3v) is 3.67. The van der Waals surface area contributed by atoms with E-state index in [-0.39, 0.29) is 4.90 Å². The van der Waals surface area contributed by atoms with Crippen molar-refractivity contribution in [3.05, 3.63) is 59.1 Å². The lowest BCUT2D eigenvalue weighted by Gasteiger charge is -2.21. The topological polar surface area (TPSA) is 88.8 Å². The molecule has 6 heteroatoms. The van der Waals surface area contributed by atoms with Crippen LogP contribution in [0.25, 0.3) is 4.72 Å². The number of nitrogens with zero attached hydrogens (tertiary/aromatic N) is 2. The molecule has 94 valence electrons. The zero-order valence-corrected chi connectivity index (χ0v) is 10.5. The van der Waals surface area contributed by atoms with Gasteiger partial charge in [-0.25, -0.2) is 8.42 Å². The van der Waals surface area contributed by atoms with E-state index < -0.39 is 10.0 Å². The van der Waals surface area contributed by atoms with Gasteiger partial charge in [-0.15, -0.1) is 5.69 Å². The van der Waals surface area contributed by atoms with Gasteiger partial charge in [0, 0.05) is 18.0 Å². The number of pyridine rings is 1. The summed E-state index contributed by atoms with van der Waals surface area (Å²) in [4.78, 5) is 3.86. The Morgan fingerprint density at radius 1 is 1.17 bits per heavy atom. The minimum absolute atomic E-state index is 0.0891. The number of hydrogen-bond acceptors (Lipinski definition) is 3. The van der Waals surface area contributed by atoms with Crippen molar-refractivity contribution in [1.29, 1.82) is 0 Å². The van der Waals surface area contributed by atoms with Crippen molar-refractivity contribution in [1.82, 2.24) is 4.98 Å². The Kier molecular flexibility index (Phi) is 3.59. The van der Waals surface area contributed by atoms with E-state index in [1.165, 1.54) is 18.5 Å². The van der Waals surface area contributed by atoms with Crippen LogP contribution in [0.5, 0.6) is 0 Å². The fourth-order valence-corrected chi connectivity index (χ4v) is 2.36. The van der Waals surface area contributed by atoms with E-state index in [2.05, 4.69) is 15.4 Å². The summed E-state index contributed by atoms with van der Waals surface area (Å²) >= 11 is 0. The Morgan fingerprint density at radius 3 is 2.44 bits per heavy atom. The molecule has 2 aromatic rings. The molecule has 0 amide bonds. The molecule has 0 unspecified atom stereocenters. The summed E-state index contributed by atoms with van der Waals surface area (Å²) in [6.07, 6.45) is 2.80. The van der Waals surface area contributed by atoms with E-state index in [1.54, 1.807) is 18.2 Å². The predicted molar refractivity (Wildman–Crippen MR) is 67.5 cm³/mol. The summed E-state index contributed by atoms with van der Waals surface area (Å²) in [6, 6.07) is 9.97. The molecule has 0 radical (unpaired) electrons. The molecule has 5 nitrogen and oxygen atoms in total. The number of benzene rings is 1. The monoisotopic (exact) mass is 263 g/mol. The molecule has 0 aliphatic rings. The van der Waals surface area contributed by atoms with E-state index in [1.807, 2.05) is 12.1 Å². The van der Waals surface area contributed by atoms with Gasteiger partial charge in [0.25, 0.3) is 0 Å². The van der Waals surface area contributed by atoms with Crippen molar-refractivity contribution >= 4 is 15.7 Å². The van der Waals surface area contributed by atoms with Gasteiger partial charge >= 0.3 is 0 Å². The fraction of sp³-hybridized carbons (Fsp3) is 0.0833. The van der Waals surface area contributed by atoms with Crippen molar-refractivity contribution in [2.45, 2.75) is 11.4 Å². The highest BCUT2D eigenvalue weighted by atomic mass is 32.2. The first-order valence-electron chi connectivity index (χ1n) is 5.38. The van der Waals surface area contributed by atoms with Gasteiger partial charge in [0.2, 0.25) is 0 Å². The van der Waals surface area contributed by atoms with Gasteiger partial charge in [0.05, 0.1) is 11.4 Å². The Hall–Kier alpha value is -1.92. The van der Waals surface area contributed by atoms with Crippen LogP contribution < -0.4 is 5.73 Å². The lowest BCUT2D eigenvalue weighted by Crippen LogP contribution is -2.47. The number of hydrogen-bond donors (Lipinski definition) is 1. The van der Waals surface area contributed by atoms with Gasteiger partial charge in [-0.3, -0.25) is 4.98 Å². The van der Waals surface area contributed by atoms with Crippen molar-refractivity contribution in [3.63, 3.8) is 0 Å². The van der Waals surface area contributed by atoms with Gasteiger partial charge in [-0.1, -0.05) is 24.3 Å². The SMILES string of the molecule is [NH3+]Cc1ccc([N-]S(=O)(=O)c2cccnc2)cc1. The van der Waals surface area contributed by atoms with Crippen LogP contribution in [0.4, 0.5) is 5.69 Å². The lowest BCUT2D eigenvalue weighted by atomic mass is 10.2. The molecule has 0 saturated heterocycles. The molecule has 1 aromatic carbocycles. The summed E-state index contributed by atoms with van der Waals surface area (Å²) in [5, 5.41) is 0. The first kappa shape index (κ1) is 12.5. The molecule has 0 atom stereocenters. The summed E-state index contributed by atoms with van der Waals surface area (Å²) in [6.45, 7) is 0.662. The zero-order valence-electron chi connectivity index (χ0n) is 9.65. The zero-order chi connectivity index (χ0) is 13.0. The molecule has 0 aliphatic heterocycles. The first-order valence-corrected chi connectivity index (χ1v) is 6.82. The normalized spacial score (nSPS) is 11.2. The minimum atomic E-state index is -3.69. The molecule has 3 N–H and O–H groups in total. The van der Waals surface area contributed by atoms with Gasteiger partial charge < -0.3 is 10.5 Å². The maximum Gasteiger partial charge on any atom is 0.124 e. The van der Waals surface area contributed by atoms with Crippen LogP contribution in [0, 0.1) is 0 Å². The summed E-state index contributed by atoms with van der Waals surface area (Å²) in [7, 11) is -3.69. The number of rotatable bonds is 4. The van der Waals surface area contributed by atoms with Crippen molar-refractivity contribution in [3.8, 4) is 0 Å². The molecule has 0 fully saturated rings. The number of sulfonamides is 1. The number of aromatic nitrogens is 1. The second kappa shape index (κ2) is 5.16. The van der Waals surface area contributed by atoms with Gasteiger partial charge in [0.1, 0.15) is 10.0 Å². The second-order valence-corrected chi connectivity index (χ2v) is 5.28. The van der Waals surface area contributed by atoms with E-state index in [0.29, 0.717) is 12.2 Å². The lowest BCUT2D eigenvalue weighted by molar-refractivity contribution is -0.386. The third kappa shape index (κ3) is 2.85. The predicted octanol–water partition coefficient (Wildman–Crippen LogP) is 1.22. The molecule has 0 spiro atoms. The highest BCUT2D eigenvalue weighted by molar-refractivity contribution is 7.94. The van der Waals surface area contributed by atoms with Gasteiger partial charge in [-0.05, 0) is 12.1 Å². The van der Waals surface area contributed by atoms with Crippen LogP contribution in [-0.4, -0.2) is 13.4 Å². The summed E-state index contributed by atoms with van der Waals surface area (Å²) in [5.41, 5.74) is 5.18. The van der Waals surface area contributed by atoms with Gasteiger partial charge in [0.15, 0.2) is 0 Å². The van der Waals surface area contributed by atoms with Crippen LogP contribution in [0.2, 0.25) is 0 Å². The maximum absolute atomic E-state index is 11.9. The van der Waals surface area contributed by atoms with Crippen LogP contribution in [-0.2, 0) is 16.6 Å². The Morgan fingerprint density at radius 2 is 1.89 bits per heavy atom. The molecule has 2 rings (SSSR count). The van der Waals surface area contributed by atoms with Crippen molar-refractivity contribution < 1.29 is 14.2 Å². The molecule has 1 heterocycles. The molecular formula is C12H13N3O2S. The number of quaternary nitrogens is 1. The smallest absolute Gasteiger partial charge is 0.124 e. The third-order valence-electron chi connectivity index (χ3n) is 2.38. The van der Waals surface area contributed by atoms with Gasteiger partial charge in [-0.2, -0.15) is 0 Å². The van der Waals surface area contributed by atoms with Crippen LogP contribution in [0.1, 0.15) is 5.56 Å². The standard InChI is InChI=1S/C12H12N3O2S/c13-8-10-3-5-11(6-4-10)15-18(16,17)12-2-1-7-14-9-12/h1-7,9H,8,13H2/q-1/p+1. The maximum atomic E-state index is 11.9. The average Bonchev–Trinajstić information content (AvgIpc) is 2.40. The van der Waals surface area contributed by atoms with E-state index in [4.69, 9.17) is 0 Å². The second-order valence-electron chi connectivity index (χ2n) is 3.67. The van der Waals surface area contributed by atoms with E-state index in [0.717, 1.165) is 5.56 Å².